The maximum atomic E-state index is 12.6. The van der Waals surface area contributed by atoms with Gasteiger partial charge in [0.2, 0.25) is 15.9 Å². The first-order chi connectivity index (χ1) is 14.4. The number of ether oxygens (including phenoxy) is 1. The topological polar surface area (TPSA) is 125 Å². The molecule has 30 heavy (non-hydrogen) atoms. The van der Waals surface area contributed by atoms with Crippen LogP contribution in [0.15, 0.2) is 53.4 Å². The Bertz CT molecular complexity index is 1000. The largest absolute Gasteiger partial charge is 0.506 e. The van der Waals surface area contributed by atoms with Crippen molar-refractivity contribution in [2.75, 3.05) is 31.6 Å². The summed E-state index contributed by atoms with van der Waals surface area (Å²) in [4.78, 5) is 23.9. The van der Waals surface area contributed by atoms with E-state index in [2.05, 4.69) is 10.6 Å². The van der Waals surface area contributed by atoms with E-state index in [0.29, 0.717) is 18.8 Å². The van der Waals surface area contributed by atoms with Gasteiger partial charge in [-0.2, -0.15) is 4.31 Å². The molecule has 3 rings (SSSR count). The molecule has 1 saturated heterocycles. The lowest BCUT2D eigenvalue weighted by Crippen LogP contribution is -2.35. The summed E-state index contributed by atoms with van der Waals surface area (Å²) in [6, 6.07) is 12.5. The van der Waals surface area contributed by atoms with Gasteiger partial charge in [0, 0.05) is 13.1 Å². The number of benzene rings is 2. The van der Waals surface area contributed by atoms with E-state index in [9.17, 15) is 23.1 Å². The highest BCUT2D eigenvalue weighted by atomic mass is 32.2. The number of para-hydroxylation sites is 1. The molecular formula is C20H23N3O6S. The Balaban J connectivity index is 1.55. The molecule has 160 valence electrons. The minimum atomic E-state index is -3.69. The van der Waals surface area contributed by atoms with Gasteiger partial charge in [0.05, 0.1) is 17.1 Å². The van der Waals surface area contributed by atoms with E-state index in [1.54, 1.807) is 24.3 Å². The molecule has 1 heterocycles. The fourth-order valence-electron chi connectivity index (χ4n) is 2.94. The highest BCUT2D eigenvalue weighted by Gasteiger charge is 2.27. The van der Waals surface area contributed by atoms with Crippen LogP contribution in [0.2, 0.25) is 0 Å². The molecule has 3 N–H and O–H groups in total. The van der Waals surface area contributed by atoms with Gasteiger partial charge in [0.1, 0.15) is 11.5 Å². The van der Waals surface area contributed by atoms with Crippen molar-refractivity contribution in [2.45, 2.75) is 17.7 Å². The Morgan fingerprint density at radius 1 is 1.03 bits per heavy atom. The van der Waals surface area contributed by atoms with Crippen molar-refractivity contribution >= 4 is 27.5 Å². The van der Waals surface area contributed by atoms with E-state index in [0.717, 1.165) is 12.8 Å². The minimum absolute atomic E-state index is 0.0159. The molecule has 0 aromatic heterocycles. The SMILES string of the molecule is O=C(COc1ccccc1)NCC(=O)Nc1cc(S(=O)(=O)N2CCCC2)ccc1O. The van der Waals surface area contributed by atoms with Gasteiger partial charge in [-0.1, -0.05) is 18.2 Å². The molecule has 2 aromatic rings. The number of rotatable bonds is 8. The van der Waals surface area contributed by atoms with Crippen molar-refractivity contribution in [2.24, 2.45) is 0 Å². The van der Waals surface area contributed by atoms with E-state index < -0.39 is 21.8 Å². The van der Waals surface area contributed by atoms with Gasteiger partial charge in [-0.3, -0.25) is 9.59 Å². The van der Waals surface area contributed by atoms with Crippen LogP contribution in [0.25, 0.3) is 0 Å². The van der Waals surface area contributed by atoms with E-state index in [1.165, 1.54) is 22.5 Å². The average molecular weight is 433 g/mol. The van der Waals surface area contributed by atoms with Crippen LogP contribution in [0.3, 0.4) is 0 Å². The summed E-state index contributed by atoms with van der Waals surface area (Å²) in [6.07, 6.45) is 1.60. The van der Waals surface area contributed by atoms with Crippen molar-refractivity contribution in [3.8, 4) is 11.5 Å². The van der Waals surface area contributed by atoms with Crippen LogP contribution in [-0.2, 0) is 19.6 Å². The number of hydrogen-bond acceptors (Lipinski definition) is 6. The number of phenolic OH excluding ortho intramolecular Hbond substituents is 1. The number of aromatic hydroxyl groups is 1. The number of sulfonamides is 1. The van der Waals surface area contributed by atoms with Crippen LogP contribution in [0.1, 0.15) is 12.8 Å². The number of phenols is 1. The molecule has 2 amide bonds. The molecule has 0 atom stereocenters. The molecule has 0 bridgehead atoms. The third-order valence-electron chi connectivity index (χ3n) is 4.50. The van der Waals surface area contributed by atoms with Crippen molar-refractivity contribution in [3.63, 3.8) is 0 Å². The van der Waals surface area contributed by atoms with E-state index in [-0.39, 0.29) is 29.5 Å². The lowest BCUT2D eigenvalue weighted by Gasteiger charge is -2.16. The zero-order valence-corrected chi connectivity index (χ0v) is 17.0. The van der Waals surface area contributed by atoms with Gasteiger partial charge in [0.15, 0.2) is 6.61 Å². The number of carbonyl (C=O) groups is 2. The quantitative estimate of drug-likeness (QED) is 0.539. The standard InChI is InChI=1S/C20H23N3O6S/c24-18-9-8-16(30(27,28)23-10-4-5-11-23)12-17(18)22-19(25)13-21-20(26)14-29-15-6-2-1-3-7-15/h1-3,6-9,12,24H,4-5,10-11,13-14H2,(H,21,26)(H,22,25). The van der Waals surface area contributed by atoms with Crippen molar-refractivity contribution in [1.82, 2.24) is 9.62 Å². The second-order valence-corrected chi connectivity index (χ2v) is 8.65. The molecule has 1 aliphatic rings. The highest BCUT2D eigenvalue weighted by molar-refractivity contribution is 7.89. The number of anilines is 1. The third-order valence-corrected chi connectivity index (χ3v) is 6.40. The molecular weight excluding hydrogens is 410 g/mol. The third kappa shape index (κ3) is 5.49. The Morgan fingerprint density at radius 3 is 2.43 bits per heavy atom. The monoisotopic (exact) mass is 433 g/mol. The summed E-state index contributed by atoms with van der Waals surface area (Å²) in [6.45, 7) is 0.273. The van der Waals surface area contributed by atoms with Gasteiger partial charge in [-0.05, 0) is 43.2 Å². The Morgan fingerprint density at radius 2 is 1.73 bits per heavy atom. The first kappa shape index (κ1) is 21.6. The van der Waals surface area contributed by atoms with Crippen molar-refractivity contribution < 1.29 is 27.9 Å². The maximum absolute atomic E-state index is 12.6. The summed E-state index contributed by atoms with van der Waals surface area (Å²) in [5, 5.41) is 14.8. The number of carbonyl (C=O) groups excluding carboxylic acids is 2. The smallest absolute Gasteiger partial charge is 0.258 e. The summed E-state index contributed by atoms with van der Waals surface area (Å²) >= 11 is 0. The molecule has 9 nitrogen and oxygen atoms in total. The Kier molecular flexibility index (Phi) is 6.91. The molecule has 0 aliphatic carbocycles. The van der Waals surface area contributed by atoms with Gasteiger partial charge in [0.25, 0.3) is 5.91 Å². The molecule has 1 aliphatic heterocycles. The number of amides is 2. The summed E-state index contributed by atoms with van der Waals surface area (Å²) in [5.41, 5.74) is -0.0462. The zero-order chi connectivity index (χ0) is 21.6. The maximum Gasteiger partial charge on any atom is 0.258 e. The molecule has 2 aromatic carbocycles. The zero-order valence-electron chi connectivity index (χ0n) is 16.2. The van der Waals surface area contributed by atoms with Gasteiger partial charge < -0.3 is 20.5 Å². The van der Waals surface area contributed by atoms with Crippen LogP contribution in [0.4, 0.5) is 5.69 Å². The second kappa shape index (κ2) is 9.59. The molecule has 0 saturated carbocycles. The Hall–Kier alpha value is -3.11. The van der Waals surface area contributed by atoms with Gasteiger partial charge >= 0.3 is 0 Å². The lowest BCUT2D eigenvalue weighted by atomic mass is 10.3. The minimum Gasteiger partial charge on any atom is -0.506 e. The van der Waals surface area contributed by atoms with Crippen LogP contribution in [0, 0.1) is 0 Å². The fraction of sp³-hybridized carbons (Fsp3) is 0.300. The second-order valence-electron chi connectivity index (χ2n) is 6.72. The fourth-order valence-corrected chi connectivity index (χ4v) is 4.49. The van der Waals surface area contributed by atoms with Crippen LogP contribution in [0.5, 0.6) is 11.5 Å². The molecule has 0 radical (unpaired) electrons. The predicted octanol–water partition coefficient (Wildman–Crippen LogP) is 1.31. The van der Waals surface area contributed by atoms with E-state index in [1.807, 2.05) is 6.07 Å². The summed E-state index contributed by atoms with van der Waals surface area (Å²) in [7, 11) is -3.69. The highest BCUT2D eigenvalue weighted by Crippen LogP contribution is 2.29. The van der Waals surface area contributed by atoms with E-state index in [4.69, 9.17) is 4.74 Å². The predicted molar refractivity (Wildman–Crippen MR) is 110 cm³/mol. The van der Waals surface area contributed by atoms with E-state index >= 15 is 0 Å². The molecule has 1 fully saturated rings. The summed E-state index contributed by atoms with van der Waals surface area (Å²) in [5.74, 6) is -0.863. The van der Waals surface area contributed by atoms with Crippen LogP contribution >= 0.6 is 0 Å². The first-order valence-corrected chi connectivity index (χ1v) is 10.9. The normalized spacial score (nSPS) is 14.3. The van der Waals surface area contributed by atoms with Crippen LogP contribution in [-0.4, -0.2) is 55.9 Å². The number of nitrogens with zero attached hydrogens (tertiary/aromatic N) is 1. The number of hydrogen-bond donors (Lipinski definition) is 3. The van der Waals surface area contributed by atoms with Gasteiger partial charge in [-0.15, -0.1) is 0 Å². The van der Waals surface area contributed by atoms with Crippen molar-refractivity contribution in [3.05, 3.63) is 48.5 Å². The Labute approximate surface area is 174 Å². The van der Waals surface area contributed by atoms with Crippen molar-refractivity contribution in [1.29, 1.82) is 0 Å². The van der Waals surface area contributed by atoms with Gasteiger partial charge in [-0.25, -0.2) is 8.42 Å². The number of nitrogens with one attached hydrogen (secondary N) is 2. The first-order valence-electron chi connectivity index (χ1n) is 9.44. The molecule has 10 heteroatoms. The molecule has 0 spiro atoms. The summed E-state index contributed by atoms with van der Waals surface area (Å²) < 4.78 is 32.0. The molecule has 0 unspecified atom stereocenters. The van der Waals surface area contributed by atoms with Crippen LogP contribution < -0.4 is 15.4 Å². The average Bonchev–Trinajstić information content (AvgIpc) is 3.29. The lowest BCUT2D eigenvalue weighted by molar-refractivity contribution is -0.125.